The Morgan fingerprint density at radius 3 is 2.54 bits per heavy atom. The van der Waals surface area contributed by atoms with E-state index in [0.29, 0.717) is 35.8 Å². The lowest BCUT2D eigenvalue weighted by atomic mass is 10.1. The molecule has 2 aromatic carbocycles. The van der Waals surface area contributed by atoms with Crippen LogP contribution in [0.1, 0.15) is 22.8 Å². The van der Waals surface area contributed by atoms with Gasteiger partial charge in [0, 0.05) is 20.3 Å². The number of carbonyl (C=O) groups is 1. The van der Waals surface area contributed by atoms with Gasteiger partial charge in [-0.25, -0.2) is 0 Å². The number of rotatable bonds is 4. The van der Waals surface area contributed by atoms with Gasteiger partial charge in [-0.05, 0) is 58.7 Å². The number of H-pyrrole nitrogens is 1. The summed E-state index contributed by atoms with van der Waals surface area (Å²) in [7, 11) is 0. The maximum absolute atomic E-state index is 12.9. The molecule has 1 heterocycles. The van der Waals surface area contributed by atoms with Crippen LogP contribution in [0.15, 0.2) is 44.6 Å². The second-order valence-corrected chi connectivity index (χ2v) is 8.61. The molecule has 26 heavy (non-hydrogen) atoms. The molecule has 0 spiro atoms. The number of thioether (sulfide) groups is 1. The number of pyridine rings is 1. The molecule has 0 saturated carbocycles. The van der Waals surface area contributed by atoms with E-state index in [1.54, 1.807) is 30.3 Å². The fourth-order valence-corrected chi connectivity index (χ4v) is 4.76. The number of hydrogen-bond acceptors (Lipinski definition) is 3. The van der Waals surface area contributed by atoms with E-state index in [1.165, 1.54) is 18.7 Å². The van der Waals surface area contributed by atoms with Crippen LogP contribution in [-0.4, -0.2) is 10.8 Å². The third-order valence-corrected chi connectivity index (χ3v) is 6.39. The van der Waals surface area contributed by atoms with E-state index in [0.717, 1.165) is 5.56 Å². The van der Waals surface area contributed by atoms with Gasteiger partial charge in [0.1, 0.15) is 0 Å². The molecule has 3 aromatic rings. The molecular weight excluding hydrogens is 481 g/mol. The Balaban J connectivity index is 2.14. The fraction of sp³-hybridized carbons (Fsp3) is 0.111. The second-order valence-electron chi connectivity index (χ2n) is 5.52. The summed E-state index contributed by atoms with van der Waals surface area (Å²) in [6, 6.07) is 8.54. The van der Waals surface area contributed by atoms with Crippen molar-refractivity contribution < 1.29 is 4.79 Å². The molecule has 0 radical (unpaired) electrons. The van der Waals surface area contributed by atoms with Gasteiger partial charge >= 0.3 is 0 Å². The number of aromatic amines is 1. The number of hydrogen-bond donors (Lipinski definition) is 1. The summed E-state index contributed by atoms with van der Waals surface area (Å²) in [6.07, 6.45) is 0. The van der Waals surface area contributed by atoms with E-state index in [9.17, 15) is 9.59 Å². The fourth-order valence-electron chi connectivity index (χ4n) is 2.53. The van der Waals surface area contributed by atoms with E-state index in [4.69, 9.17) is 34.8 Å². The number of benzene rings is 2. The van der Waals surface area contributed by atoms with E-state index in [2.05, 4.69) is 20.9 Å². The largest absolute Gasteiger partial charge is 0.348 e. The van der Waals surface area contributed by atoms with Crippen molar-refractivity contribution >= 4 is 79.2 Å². The Kier molecular flexibility index (Phi) is 6.04. The predicted molar refractivity (Wildman–Crippen MR) is 113 cm³/mol. The van der Waals surface area contributed by atoms with Gasteiger partial charge < -0.3 is 4.98 Å². The molecule has 0 unspecified atom stereocenters. The Morgan fingerprint density at radius 2 is 1.85 bits per heavy atom. The van der Waals surface area contributed by atoms with Crippen LogP contribution in [0.2, 0.25) is 15.1 Å². The quantitative estimate of drug-likeness (QED) is 0.325. The Morgan fingerprint density at radius 1 is 1.15 bits per heavy atom. The Bertz CT molecular complexity index is 1100. The van der Waals surface area contributed by atoms with Gasteiger partial charge in [-0.3, -0.25) is 9.59 Å². The van der Waals surface area contributed by atoms with E-state index < -0.39 is 5.43 Å². The van der Waals surface area contributed by atoms with Gasteiger partial charge in [0.2, 0.25) is 5.43 Å². The molecule has 3 rings (SSSR count). The van der Waals surface area contributed by atoms with Crippen LogP contribution >= 0.6 is 62.5 Å². The summed E-state index contributed by atoms with van der Waals surface area (Å²) in [5.74, 6) is 0.114. The highest BCUT2D eigenvalue weighted by molar-refractivity contribution is 9.10. The van der Waals surface area contributed by atoms with Crippen LogP contribution in [0.5, 0.6) is 0 Å². The van der Waals surface area contributed by atoms with E-state index in [-0.39, 0.29) is 16.7 Å². The van der Waals surface area contributed by atoms with Crippen LogP contribution in [0.3, 0.4) is 0 Å². The summed E-state index contributed by atoms with van der Waals surface area (Å²) in [6.45, 7) is 1.36. The molecular formula is C18H11BrCl3NO2S. The van der Waals surface area contributed by atoms with Crippen LogP contribution in [0, 0.1) is 0 Å². The van der Waals surface area contributed by atoms with Crippen molar-refractivity contribution in [1.29, 1.82) is 0 Å². The second kappa shape index (κ2) is 7.95. The first-order chi connectivity index (χ1) is 12.3. The first-order valence-corrected chi connectivity index (χ1v) is 10.3. The number of ketones is 1. The van der Waals surface area contributed by atoms with Crippen molar-refractivity contribution in [2.75, 3.05) is 0 Å². The molecule has 0 bridgehead atoms. The summed E-state index contributed by atoms with van der Waals surface area (Å²) in [5, 5.41) is 2.18. The number of fused-ring (bicyclic) bond motifs is 1. The normalized spacial score (nSPS) is 11.1. The Hall–Kier alpha value is -0.980. The standard InChI is InChI=1S/C18H11BrCl3NO2S/c1-8(24)14-17(25)15-13(22)5-3-11(19)16(15)23-18(14)26-7-9-6-10(20)2-4-12(9)21/h2-6H,7H2,1H3,(H,23,25). The van der Waals surface area contributed by atoms with Crippen molar-refractivity contribution in [2.24, 2.45) is 0 Å². The topological polar surface area (TPSA) is 49.9 Å². The molecule has 3 nitrogen and oxygen atoms in total. The minimum absolute atomic E-state index is 0.0839. The summed E-state index contributed by atoms with van der Waals surface area (Å²) in [5.41, 5.74) is 1.05. The number of nitrogens with one attached hydrogen (secondary N) is 1. The molecule has 0 amide bonds. The average Bonchev–Trinajstić information content (AvgIpc) is 2.58. The predicted octanol–water partition coefficient (Wildman–Crippen LogP) is 6.75. The number of Topliss-reactive ketones (excluding diaryl/α,β-unsaturated/α-hetero) is 1. The summed E-state index contributed by atoms with van der Waals surface area (Å²) >= 11 is 23.1. The lowest BCUT2D eigenvalue weighted by molar-refractivity contribution is 0.101. The van der Waals surface area contributed by atoms with Gasteiger partial charge in [0.05, 0.1) is 26.5 Å². The minimum Gasteiger partial charge on any atom is -0.348 e. The van der Waals surface area contributed by atoms with Crippen molar-refractivity contribution in [3.8, 4) is 0 Å². The SMILES string of the molecule is CC(=O)c1c(SCc2cc(Cl)ccc2Cl)[nH]c2c(Br)ccc(Cl)c2c1=O. The van der Waals surface area contributed by atoms with Gasteiger partial charge in [0.25, 0.3) is 0 Å². The summed E-state index contributed by atoms with van der Waals surface area (Å²) in [4.78, 5) is 28.2. The molecule has 0 fully saturated rings. The van der Waals surface area contributed by atoms with Crippen LogP contribution in [-0.2, 0) is 5.75 Å². The smallest absolute Gasteiger partial charge is 0.202 e. The maximum atomic E-state index is 12.9. The first kappa shape index (κ1) is 19.8. The zero-order valence-corrected chi connectivity index (χ0v) is 18.0. The number of aromatic nitrogens is 1. The zero-order chi connectivity index (χ0) is 19.0. The molecule has 0 aliphatic heterocycles. The van der Waals surface area contributed by atoms with Gasteiger partial charge in [-0.15, -0.1) is 11.8 Å². The molecule has 0 saturated heterocycles. The van der Waals surface area contributed by atoms with Crippen molar-refractivity contribution in [1.82, 2.24) is 4.98 Å². The molecule has 1 N–H and O–H groups in total. The van der Waals surface area contributed by atoms with Gasteiger partial charge in [-0.2, -0.15) is 0 Å². The molecule has 0 aliphatic rings. The highest BCUT2D eigenvalue weighted by atomic mass is 79.9. The maximum Gasteiger partial charge on any atom is 0.202 e. The number of halogens is 4. The van der Waals surface area contributed by atoms with E-state index in [1.807, 2.05) is 0 Å². The molecule has 8 heteroatoms. The third kappa shape index (κ3) is 3.82. The lowest BCUT2D eigenvalue weighted by Gasteiger charge is -2.12. The molecule has 0 aliphatic carbocycles. The van der Waals surface area contributed by atoms with Crippen molar-refractivity contribution in [3.05, 3.63) is 71.2 Å². The van der Waals surface area contributed by atoms with Gasteiger partial charge in [-0.1, -0.05) is 34.8 Å². The Labute approximate surface area is 177 Å². The van der Waals surface area contributed by atoms with E-state index >= 15 is 0 Å². The van der Waals surface area contributed by atoms with Crippen molar-refractivity contribution in [3.63, 3.8) is 0 Å². The van der Waals surface area contributed by atoms with Gasteiger partial charge in [0.15, 0.2) is 5.78 Å². The minimum atomic E-state index is -0.391. The highest BCUT2D eigenvalue weighted by Gasteiger charge is 2.19. The third-order valence-electron chi connectivity index (χ3n) is 3.76. The highest BCUT2D eigenvalue weighted by Crippen LogP contribution is 2.33. The zero-order valence-electron chi connectivity index (χ0n) is 13.3. The van der Waals surface area contributed by atoms with Crippen LogP contribution in [0.4, 0.5) is 0 Å². The first-order valence-electron chi connectivity index (χ1n) is 7.41. The monoisotopic (exact) mass is 489 g/mol. The lowest BCUT2D eigenvalue weighted by Crippen LogP contribution is -2.17. The van der Waals surface area contributed by atoms with Crippen molar-refractivity contribution in [2.45, 2.75) is 17.7 Å². The van der Waals surface area contributed by atoms with Crippen LogP contribution in [0.25, 0.3) is 10.9 Å². The molecule has 1 aromatic heterocycles. The molecule has 0 atom stereocenters. The molecule has 134 valence electrons. The van der Waals surface area contributed by atoms with Crippen LogP contribution < -0.4 is 5.43 Å². The summed E-state index contributed by atoms with van der Waals surface area (Å²) < 4.78 is 0.687. The number of carbonyl (C=O) groups excluding carboxylic acids is 1. The average molecular weight is 492 g/mol.